The van der Waals surface area contributed by atoms with Crippen LogP contribution in [-0.2, 0) is 0 Å². The molecule has 0 radical (unpaired) electrons. The molecule has 1 aliphatic carbocycles. The Bertz CT molecular complexity index is 588. The molecule has 0 aromatic heterocycles. The fraction of sp³-hybridized carbons (Fsp3) is 0.579. The molecule has 25 heavy (non-hydrogen) atoms. The van der Waals surface area contributed by atoms with E-state index in [1.54, 1.807) is 31.4 Å². The van der Waals surface area contributed by atoms with E-state index < -0.39 is 0 Å². The van der Waals surface area contributed by atoms with Crippen molar-refractivity contribution in [2.45, 2.75) is 50.6 Å². The van der Waals surface area contributed by atoms with Crippen molar-refractivity contribution in [2.24, 2.45) is 0 Å². The number of urea groups is 1. The van der Waals surface area contributed by atoms with Crippen LogP contribution in [0.1, 0.15) is 48.9 Å². The maximum absolute atomic E-state index is 12.3. The SMILES string of the molecule is COc1ccc(C(=O)NC2CCN(C(=O)NC3CCCC3)CC2)cc1. The highest BCUT2D eigenvalue weighted by molar-refractivity contribution is 5.94. The van der Waals surface area contributed by atoms with Gasteiger partial charge in [-0.15, -0.1) is 0 Å². The van der Waals surface area contributed by atoms with Crippen molar-refractivity contribution >= 4 is 11.9 Å². The summed E-state index contributed by atoms with van der Waals surface area (Å²) in [4.78, 5) is 26.5. The van der Waals surface area contributed by atoms with Crippen LogP contribution in [0.15, 0.2) is 24.3 Å². The quantitative estimate of drug-likeness (QED) is 0.881. The number of rotatable bonds is 4. The van der Waals surface area contributed by atoms with Crippen LogP contribution >= 0.6 is 0 Å². The summed E-state index contributed by atoms with van der Waals surface area (Å²) in [6, 6.07) is 7.60. The summed E-state index contributed by atoms with van der Waals surface area (Å²) in [6.07, 6.45) is 6.20. The van der Waals surface area contributed by atoms with Crippen LogP contribution < -0.4 is 15.4 Å². The predicted octanol–water partition coefficient (Wildman–Crippen LogP) is 2.54. The second-order valence-electron chi connectivity index (χ2n) is 6.89. The topological polar surface area (TPSA) is 70.7 Å². The number of hydrogen-bond acceptors (Lipinski definition) is 3. The third kappa shape index (κ3) is 4.65. The van der Waals surface area contributed by atoms with Crippen molar-refractivity contribution in [2.75, 3.05) is 20.2 Å². The van der Waals surface area contributed by atoms with Crippen molar-refractivity contribution in [3.05, 3.63) is 29.8 Å². The molecule has 3 amide bonds. The molecule has 1 aromatic rings. The van der Waals surface area contributed by atoms with Crippen LogP contribution in [0.25, 0.3) is 0 Å². The van der Waals surface area contributed by atoms with Gasteiger partial charge in [0.05, 0.1) is 7.11 Å². The monoisotopic (exact) mass is 345 g/mol. The van der Waals surface area contributed by atoms with Crippen molar-refractivity contribution in [1.29, 1.82) is 0 Å². The lowest BCUT2D eigenvalue weighted by molar-refractivity contribution is 0.0917. The minimum absolute atomic E-state index is 0.0480. The molecule has 6 heteroatoms. The standard InChI is InChI=1S/C19H27N3O3/c1-25-17-8-6-14(7-9-17)18(23)20-16-10-12-22(13-11-16)19(24)21-15-4-2-3-5-15/h6-9,15-16H,2-5,10-13H2,1H3,(H,20,23)(H,21,24). The van der Waals surface area contributed by atoms with Crippen LogP contribution in [0.5, 0.6) is 5.75 Å². The second kappa shape index (κ2) is 8.23. The van der Waals surface area contributed by atoms with Crippen LogP contribution in [0.3, 0.4) is 0 Å². The van der Waals surface area contributed by atoms with Gasteiger partial charge >= 0.3 is 6.03 Å². The van der Waals surface area contributed by atoms with E-state index in [0.29, 0.717) is 24.7 Å². The van der Waals surface area contributed by atoms with E-state index in [2.05, 4.69) is 10.6 Å². The Kier molecular flexibility index (Phi) is 5.79. The summed E-state index contributed by atoms with van der Waals surface area (Å²) < 4.78 is 5.11. The Morgan fingerprint density at radius 2 is 1.56 bits per heavy atom. The molecule has 1 saturated carbocycles. The van der Waals surface area contributed by atoms with E-state index in [4.69, 9.17) is 4.74 Å². The zero-order valence-electron chi connectivity index (χ0n) is 14.8. The van der Waals surface area contributed by atoms with Gasteiger partial charge in [-0.05, 0) is 49.9 Å². The number of carbonyl (C=O) groups excluding carboxylic acids is 2. The van der Waals surface area contributed by atoms with Crippen molar-refractivity contribution in [1.82, 2.24) is 15.5 Å². The van der Waals surface area contributed by atoms with Gasteiger partial charge in [0.1, 0.15) is 5.75 Å². The summed E-state index contributed by atoms with van der Waals surface area (Å²) in [5.41, 5.74) is 0.627. The lowest BCUT2D eigenvalue weighted by Gasteiger charge is -2.33. The summed E-state index contributed by atoms with van der Waals surface area (Å²) in [5, 5.41) is 6.20. The van der Waals surface area contributed by atoms with Gasteiger partial charge in [0.25, 0.3) is 5.91 Å². The van der Waals surface area contributed by atoms with E-state index in [0.717, 1.165) is 31.4 Å². The molecule has 136 valence electrons. The normalized spacial score (nSPS) is 18.8. The van der Waals surface area contributed by atoms with Crippen molar-refractivity contribution < 1.29 is 14.3 Å². The summed E-state index contributed by atoms with van der Waals surface area (Å²) in [7, 11) is 1.60. The van der Waals surface area contributed by atoms with Gasteiger partial charge in [0, 0.05) is 30.7 Å². The molecule has 2 fully saturated rings. The van der Waals surface area contributed by atoms with Gasteiger partial charge in [-0.3, -0.25) is 4.79 Å². The summed E-state index contributed by atoms with van der Waals surface area (Å²) in [5.74, 6) is 0.662. The maximum Gasteiger partial charge on any atom is 0.317 e. The Balaban J connectivity index is 1.43. The van der Waals surface area contributed by atoms with Crippen molar-refractivity contribution in [3.8, 4) is 5.75 Å². The van der Waals surface area contributed by atoms with Crippen LogP contribution in [0.2, 0.25) is 0 Å². The highest BCUT2D eigenvalue weighted by Crippen LogP contribution is 2.19. The molecule has 1 aliphatic heterocycles. The van der Waals surface area contributed by atoms with Gasteiger partial charge < -0.3 is 20.3 Å². The van der Waals surface area contributed by atoms with Gasteiger partial charge in [0.2, 0.25) is 0 Å². The number of ether oxygens (including phenoxy) is 1. The van der Waals surface area contributed by atoms with Gasteiger partial charge in [0.15, 0.2) is 0 Å². The number of methoxy groups -OCH3 is 1. The number of piperidine rings is 1. The number of benzene rings is 1. The zero-order chi connectivity index (χ0) is 17.6. The number of nitrogens with one attached hydrogen (secondary N) is 2. The first-order valence-electron chi connectivity index (χ1n) is 9.16. The van der Waals surface area contributed by atoms with E-state index >= 15 is 0 Å². The number of nitrogens with zero attached hydrogens (tertiary/aromatic N) is 1. The minimum Gasteiger partial charge on any atom is -0.497 e. The average molecular weight is 345 g/mol. The Morgan fingerprint density at radius 1 is 0.960 bits per heavy atom. The highest BCUT2D eigenvalue weighted by atomic mass is 16.5. The molecule has 2 aliphatic rings. The number of likely N-dealkylation sites (tertiary alicyclic amines) is 1. The molecule has 2 N–H and O–H groups in total. The smallest absolute Gasteiger partial charge is 0.317 e. The van der Waals surface area contributed by atoms with Crippen LogP contribution in [-0.4, -0.2) is 49.1 Å². The summed E-state index contributed by atoms with van der Waals surface area (Å²) >= 11 is 0. The van der Waals surface area contributed by atoms with Gasteiger partial charge in [-0.2, -0.15) is 0 Å². The molecule has 0 bridgehead atoms. The van der Waals surface area contributed by atoms with Crippen LogP contribution in [0.4, 0.5) is 4.79 Å². The fourth-order valence-corrected chi connectivity index (χ4v) is 3.57. The first-order valence-corrected chi connectivity index (χ1v) is 9.16. The first-order chi connectivity index (χ1) is 12.2. The Hall–Kier alpha value is -2.24. The molecule has 0 atom stereocenters. The third-order valence-electron chi connectivity index (χ3n) is 5.15. The van der Waals surface area contributed by atoms with E-state index in [1.165, 1.54) is 12.8 Å². The average Bonchev–Trinajstić information content (AvgIpc) is 3.15. The first kappa shape index (κ1) is 17.6. The van der Waals surface area contributed by atoms with Gasteiger partial charge in [-0.1, -0.05) is 12.8 Å². The third-order valence-corrected chi connectivity index (χ3v) is 5.15. The van der Waals surface area contributed by atoms with E-state index in [1.807, 2.05) is 4.90 Å². The largest absolute Gasteiger partial charge is 0.497 e. The molecule has 1 heterocycles. The van der Waals surface area contributed by atoms with Gasteiger partial charge in [-0.25, -0.2) is 4.79 Å². The summed E-state index contributed by atoms with van der Waals surface area (Å²) in [6.45, 7) is 1.37. The zero-order valence-corrected chi connectivity index (χ0v) is 14.8. The lowest BCUT2D eigenvalue weighted by atomic mass is 10.0. The molecule has 6 nitrogen and oxygen atoms in total. The molecule has 0 unspecified atom stereocenters. The molecule has 1 saturated heterocycles. The fourth-order valence-electron chi connectivity index (χ4n) is 3.57. The van der Waals surface area contributed by atoms with Crippen LogP contribution in [0, 0.1) is 0 Å². The molecule has 0 spiro atoms. The van der Waals surface area contributed by atoms with E-state index in [9.17, 15) is 9.59 Å². The molecule has 3 rings (SSSR count). The number of amides is 3. The van der Waals surface area contributed by atoms with Crippen molar-refractivity contribution in [3.63, 3.8) is 0 Å². The highest BCUT2D eigenvalue weighted by Gasteiger charge is 2.26. The predicted molar refractivity (Wildman–Crippen MR) is 95.8 cm³/mol. The Morgan fingerprint density at radius 3 is 2.16 bits per heavy atom. The lowest BCUT2D eigenvalue weighted by Crippen LogP contribution is -2.51. The molecular weight excluding hydrogens is 318 g/mol. The maximum atomic E-state index is 12.3. The molecular formula is C19H27N3O3. The van der Waals surface area contributed by atoms with E-state index in [-0.39, 0.29) is 18.0 Å². The number of carbonyl (C=O) groups is 2. The molecule has 1 aromatic carbocycles. The Labute approximate surface area is 148 Å². The number of hydrogen-bond donors (Lipinski definition) is 2. The minimum atomic E-state index is -0.0727. The second-order valence-corrected chi connectivity index (χ2v) is 6.89.